The predicted octanol–water partition coefficient (Wildman–Crippen LogP) is 2.36. The molecular weight excluding hydrogens is 269 g/mol. The van der Waals surface area contributed by atoms with E-state index in [9.17, 15) is 9.18 Å². The third-order valence-electron chi connectivity index (χ3n) is 3.19. The normalized spacial score (nSPS) is 16.5. The molecule has 19 heavy (non-hydrogen) atoms. The van der Waals surface area contributed by atoms with Gasteiger partial charge < -0.3 is 10.1 Å². The zero-order chi connectivity index (χ0) is 13.7. The molecule has 0 saturated carbocycles. The van der Waals surface area contributed by atoms with E-state index in [1.807, 2.05) is 0 Å². The number of hydrogen-bond donors (Lipinski definition) is 1. The zero-order valence-corrected chi connectivity index (χ0v) is 11.4. The molecule has 0 spiro atoms. The molecule has 0 unspecified atom stereocenters. The summed E-state index contributed by atoms with van der Waals surface area (Å²) in [4.78, 5) is 11.8. The standard InChI is InChI=1S/C14H17ClFNO2/c15-14-10(2-1-3-13(14)16)8-11(18)9-19-12-4-6-17-7-5-12/h1-3,12,17H,4-9H2. The summed E-state index contributed by atoms with van der Waals surface area (Å²) in [6.45, 7) is 1.92. The maximum Gasteiger partial charge on any atom is 0.162 e. The molecule has 5 heteroatoms. The third-order valence-corrected chi connectivity index (χ3v) is 3.61. The molecule has 1 aliphatic heterocycles. The Morgan fingerprint density at radius 2 is 2.16 bits per heavy atom. The fraction of sp³-hybridized carbons (Fsp3) is 0.500. The average molecular weight is 286 g/mol. The summed E-state index contributed by atoms with van der Waals surface area (Å²) in [6.07, 6.45) is 2.11. The molecule has 3 nitrogen and oxygen atoms in total. The van der Waals surface area contributed by atoms with Crippen molar-refractivity contribution < 1.29 is 13.9 Å². The Kier molecular flexibility index (Phi) is 5.31. The van der Waals surface area contributed by atoms with Crippen LogP contribution >= 0.6 is 11.6 Å². The first-order valence-electron chi connectivity index (χ1n) is 6.43. The van der Waals surface area contributed by atoms with Crippen molar-refractivity contribution in [3.8, 4) is 0 Å². The number of carbonyl (C=O) groups is 1. The maximum atomic E-state index is 13.2. The minimum atomic E-state index is -0.494. The highest BCUT2D eigenvalue weighted by Crippen LogP contribution is 2.20. The second-order valence-corrected chi connectivity index (χ2v) is 5.07. The van der Waals surface area contributed by atoms with E-state index >= 15 is 0 Å². The molecule has 0 aromatic heterocycles. The number of ether oxygens (including phenoxy) is 1. The van der Waals surface area contributed by atoms with Crippen LogP contribution < -0.4 is 5.32 Å². The Hall–Kier alpha value is -0.970. The maximum absolute atomic E-state index is 13.2. The van der Waals surface area contributed by atoms with Gasteiger partial charge in [0.15, 0.2) is 5.78 Å². The second-order valence-electron chi connectivity index (χ2n) is 4.69. The summed E-state index contributed by atoms with van der Waals surface area (Å²) in [6, 6.07) is 4.49. The lowest BCUT2D eigenvalue weighted by Crippen LogP contribution is -2.33. The number of ketones is 1. The molecule has 0 atom stereocenters. The summed E-state index contributed by atoms with van der Waals surface area (Å²) >= 11 is 5.81. The van der Waals surface area contributed by atoms with Crippen LogP contribution in [-0.2, 0) is 16.0 Å². The van der Waals surface area contributed by atoms with Gasteiger partial charge >= 0.3 is 0 Å². The number of hydrogen-bond acceptors (Lipinski definition) is 3. The highest BCUT2D eigenvalue weighted by molar-refractivity contribution is 6.31. The van der Waals surface area contributed by atoms with E-state index in [1.165, 1.54) is 6.07 Å². The number of Topliss-reactive ketones (excluding diaryl/α,β-unsaturated/α-hetero) is 1. The fourth-order valence-electron chi connectivity index (χ4n) is 2.12. The Balaban J connectivity index is 1.82. The smallest absolute Gasteiger partial charge is 0.162 e. The van der Waals surface area contributed by atoms with E-state index in [0.29, 0.717) is 5.56 Å². The largest absolute Gasteiger partial charge is 0.370 e. The van der Waals surface area contributed by atoms with Crippen molar-refractivity contribution in [1.82, 2.24) is 5.32 Å². The summed E-state index contributed by atoms with van der Waals surface area (Å²) in [5, 5.41) is 3.26. The van der Waals surface area contributed by atoms with Gasteiger partial charge in [0.1, 0.15) is 12.4 Å². The van der Waals surface area contributed by atoms with Crippen LogP contribution in [-0.4, -0.2) is 31.6 Å². The van der Waals surface area contributed by atoms with Gasteiger partial charge in [-0.25, -0.2) is 4.39 Å². The molecule has 0 radical (unpaired) electrons. The Labute approximate surface area is 117 Å². The molecule has 1 N–H and O–H groups in total. The lowest BCUT2D eigenvalue weighted by atomic mass is 10.1. The highest BCUT2D eigenvalue weighted by Gasteiger charge is 2.16. The van der Waals surface area contributed by atoms with Crippen molar-refractivity contribution in [1.29, 1.82) is 0 Å². The van der Waals surface area contributed by atoms with Gasteiger partial charge in [-0.2, -0.15) is 0 Å². The van der Waals surface area contributed by atoms with Gasteiger partial charge in [0.25, 0.3) is 0 Å². The van der Waals surface area contributed by atoms with Crippen LogP contribution in [0.4, 0.5) is 4.39 Å². The summed E-state index contributed by atoms with van der Waals surface area (Å²) < 4.78 is 18.8. The zero-order valence-electron chi connectivity index (χ0n) is 10.6. The van der Waals surface area contributed by atoms with E-state index in [1.54, 1.807) is 12.1 Å². The first-order chi connectivity index (χ1) is 9.16. The van der Waals surface area contributed by atoms with Crippen LogP contribution in [0.2, 0.25) is 5.02 Å². The lowest BCUT2D eigenvalue weighted by molar-refractivity contribution is -0.125. The molecule has 1 aromatic carbocycles. The molecular formula is C14H17ClFNO2. The first-order valence-corrected chi connectivity index (χ1v) is 6.81. The number of rotatable bonds is 5. The molecule has 1 fully saturated rings. The molecule has 1 aliphatic rings. The van der Waals surface area contributed by atoms with Gasteiger partial charge in [0, 0.05) is 6.42 Å². The molecule has 0 amide bonds. The van der Waals surface area contributed by atoms with Gasteiger partial charge in [-0.1, -0.05) is 23.7 Å². The van der Waals surface area contributed by atoms with Crippen LogP contribution in [0.3, 0.4) is 0 Å². The number of carbonyl (C=O) groups excluding carboxylic acids is 1. The van der Waals surface area contributed by atoms with Gasteiger partial charge in [0.2, 0.25) is 0 Å². The molecule has 104 valence electrons. The summed E-state index contributed by atoms with van der Waals surface area (Å²) in [7, 11) is 0. The van der Waals surface area contributed by atoms with Gasteiger partial charge in [-0.3, -0.25) is 4.79 Å². The van der Waals surface area contributed by atoms with Crippen LogP contribution in [0.25, 0.3) is 0 Å². The van der Waals surface area contributed by atoms with Crippen molar-refractivity contribution in [2.75, 3.05) is 19.7 Å². The number of benzene rings is 1. The van der Waals surface area contributed by atoms with E-state index in [2.05, 4.69) is 5.32 Å². The molecule has 1 heterocycles. The monoisotopic (exact) mass is 285 g/mol. The van der Waals surface area contributed by atoms with Crippen molar-refractivity contribution in [2.45, 2.75) is 25.4 Å². The Bertz CT molecular complexity index is 447. The lowest BCUT2D eigenvalue weighted by Gasteiger charge is -2.22. The minimum absolute atomic E-state index is 0.0257. The van der Waals surface area contributed by atoms with E-state index in [-0.39, 0.29) is 29.9 Å². The fourth-order valence-corrected chi connectivity index (χ4v) is 2.31. The third kappa shape index (κ3) is 4.27. The van der Waals surface area contributed by atoms with Crippen LogP contribution in [0, 0.1) is 5.82 Å². The van der Waals surface area contributed by atoms with Gasteiger partial charge in [0.05, 0.1) is 11.1 Å². The minimum Gasteiger partial charge on any atom is -0.370 e. The molecule has 1 aromatic rings. The first kappa shape index (κ1) is 14.4. The van der Waals surface area contributed by atoms with Crippen molar-refractivity contribution in [2.24, 2.45) is 0 Å². The number of piperidine rings is 1. The average Bonchev–Trinajstić information content (AvgIpc) is 2.43. The molecule has 2 rings (SSSR count). The van der Waals surface area contributed by atoms with Crippen molar-refractivity contribution in [3.05, 3.63) is 34.6 Å². The van der Waals surface area contributed by atoms with E-state index < -0.39 is 5.82 Å². The van der Waals surface area contributed by atoms with Crippen molar-refractivity contribution >= 4 is 17.4 Å². The Morgan fingerprint density at radius 3 is 2.89 bits per heavy atom. The number of nitrogens with one attached hydrogen (secondary N) is 1. The second kappa shape index (κ2) is 6.98. The van der Waals surface area contributed by atoms with Crippen molar-refractivity contribution in [3.63, 3.8) is 0 Å². The van der Waals surface area contributed by atoms with Crippen LogP contribution in [0.1, 0.15) is 18.4 Å². The molecule has 0 bridgehead atoms. The number of halogens is 2. The van der Waals surface area contributed by atoms with Gasteiger partial charge in [-0.15, -0.1) is 0 Å². The quantitative estimate of drug-likeness (QED) is 0.903. The topological polar surface area (TPSA) is 38.3 Å². The predicted molar refractivity (Wildman–Crippen MR) is 72.0 cm³/mol. The van der Waals surface area contributed by atoms with Gasteiger partial charge in [-0.05, 0) is 37.6 Å². The van der Waals surface area contributed by atoms with Crippen LogP contribution in [0.5, 0.6) is 0 Å². The van der Waals surface area contributed by atoms with Crippen LogP contribution in [0.15, 0.2) is 18.2 Å². The highest BCUT2D eigenvalue weighted by atomic mass is 35.5. The summed E-state index contributed by atoms with van der Waals surface area (Å²) in [5.41, 5.74) is 0.514. The van der Waals surface area contributed by atoms with E-state index in [0.717, 1.165) is 25.9 Å². The van der Waals surface area contributed by atoms with E-state index in [4.69, 9.17) is 16.3 Å². The SMILES string of the molecule is O=C(COC1CCNCC1)Cc1cccc(F)c1Cl. The molecule has 0 aliphatic carbocycles. The summed E-state index contributed by atoms with van der Waals surface area (Å²) in [5.74, 6) is -0.572. The molecule has 1 saturated heterocycles. The Morgan fingerprint density at radius 1 is 1.42 bits per heavy atom.